The first-order chi connectivity index (χ1) is 6.95. The van der Waals surface area contributed by atoms with E-state index in [0.717, 1.165) is 32.7 Å². The zero-order valence-corrected chi connectivity index (χ0v) is 10.5. The summed E-state index contributed by atoms with van der Waals surface area (Å²) in [6, 6.07) is 0. The van der Waals surface area contributed by atoms with Gasteiger partial charge in [0.1, 0.15) is 0 Å². The van der Waals surface area contributed by atoms with Crippen molar-refractivity contribution in [2.24, 2.45) is 10.7 Å². The minimum atomic E-state index is 0.267. The third-order valence-electron chi connectivity index (χ3n) is 2.87. The second-order valence-corrected chi connectivity index (χ2v) is 4.98. The van der Waals surface area contributed by atoms with Crippen molar-refractivity contribution in [3.63, 3.8) is 0 Å². The molecule has 1 aliphatic rings. The summed E-state index contributed by atoms with van der Waals surface area (Å²) in [7, 11) is 0. The van der Waals surface area contributed by atoms with Crippen molar-refractivity contribution >= 4 is 5.96 Å². The van der Waals surface area contributed by atoms with Crippen molar-refractivity contribution in [2.75, 3.05) is 32.7 Å². The number of nitrogens with zero attached hydrogens (tertiary/aromatic N) is 3. The van der Waals surface area contributed by atoms with E-state index in [-0.39, 0.29) is 5.54 Å². The van der Waals surface area contributed by atoms with Crippen LogP contribution in [0.5, 0.6) is 0 Å². The lowest BCUT2D eigenvalue weighted by Gasteiger charge is -2.42. The largest absolute Gasteiger partial charge is 0.370 e. The van der Waals surface area contributed by atoms with E-state index in [1.165, 1.54) is 0 Å². The summed E-state index contributed by atoms with van der Waals surface area (Å²) in [4.78, 5) is 8.90. The topological polar surface area (TPSA) is 44.9 Å². The number of nitrogens with two attached hydrogens (primary N) is 1. The number of guanidine groups is 1. The Kier molecular flexibility index (Phi) is 3.97. The van der Waals surface area contributed by atoms with Gasteiger partial charge in [-0.2, -0.15) is 0 Å². The molecule has 0 aromatic heterocycles. The second kappa shape index (κ2) is 4.84. The molecular formula is C11H24N4. The third kappa shape index (κ3) is 3.38. The van der Waals surface area contributed by atoms with E-state index < -0.39 is 0 Å². The molecule has 88 valence electrons. The quantitative estimate of drug-likeness (QED) is 0.515. The van der Waals surface area contributed by atoms with Gasteiger partial charge >= 0.3 is 0 Å². The number of rotatable bonds is 1. The molecule has 4 nitrogen and oxygen atoms in total. The Hall–Kier alpha value is -0.770. The second-order valence-electron chi connectivity index (χ2n) is 4.98. The smallest absolute Gasteiger partial charge is 0.191 e. The summed E-state index contributed by atoms with van der Waals surface area (Å²) in [6.07, 6.45) is 0. The van der Waals surface area contributed by atoms with Crippen molar-refractivity contribution in [3.05, 3.63) is 0 Å². The highest BCUT2D eigenvalue weighted by molar-refractivity contribution is 5.78. The van der Waals surface area contributed by atoms with Gasteiger partial charge in [-0.15, -0.1) is 0 Å². The molecule has 0 bridgehead atoms. The molecule has 0 spiro atoms. The first-order valence-electron chi connectivity index (χ1n) is 5.75. The van der Waals surface area contributed by atoms with Crippen LogP contribution in [-0.4, -0.2) is 54.0 Å². The van der Waals surface area contributed by atoms with E-state index in [9.17, 15) is 0 Å². The van der Waals surface area contributed by atoms with Crippen LogP contribution in [0.2, 0.25) is 0 Å². The van der Waals surface area contributed by atoms with Crippen LogP contribution in [0.15, 0.2) is 4.99 Å². The van der Waals surface area contributed by atoms with Crippen LogP contribution in [0, 0.1) is 0 Å². The van der Waals surface area contributed by atoms with Gasteiger partial charge in [0.2, 0.25) is 0 Å². The maximum Gasteiger partial charge on any atom is 0.191 e. The van der Waals surface area contributed by atoms with Crippen LogP contribution < -0.4 is 5.73 Å². The molecule has 1 heterocycles. The fourth-order valence-corrected chi connectivity index (χ4v) is 1.87. The molecule has 2 N–H and O–H groups in total. The lowest BCUT2D eigenvalue weighted by molar-refractivity contribution is 0.0878. The summed E-state index contributed by atoms with van der Waals surface area (Å²) in [6.45, 7) is 13.7. The summed E-state index contributed by atoms with van der Waals surface area (Å²) in [5, 5.41) is 0. The highest BCUT2D eigenvalue weighted by atomic mass is 15.3. The lowest BCUT2D eigenvalue weighted by atomic mass is 10.1. The molecule has 0 aromatic rings. The predicted molar refractivity (Wildman–Crippen MR) is 65.1 cm³/mol. The van der Waals surface area contributed by atoms with E-state index in [1.807, 2.05) is 6.92 Å². The number of aliphatic imine (C=N–C) groups is 1. The third-order valence-corrected chi connectivity index (χ3v) is 2.87. The first kappa shape index (κ1) is 12.3. The summed E-state index contributed by atoms with van der Waals surface area (Å²) >= 11 is 0. The summed E-state index contributed by atoms with van der Waals surface area (Å²) in [5.74, 6) is 0.700. The highest BCUT2D eigenvalue weighted by Gasteiger charge is 2.26. The lowest BCUT2D eigenvalue weighted by Crippen LogP contribution is -2.56. The van der Waals surface area contributed by atoms with E-state index in [4.69, 9.17) is 5.73 Å². The van der Waals surface area contributed by atoms with Crippen molar-refractivity contribution in [1.82, 2.24) is 9.80 Å². The van der Waals surface area contributed by atoms with Gasteiger partial charge in [0.25, 0.3) is 0 Å². The molecule has 0 amide bonds. The van der Waals surface area contributed by atoms with Gasteiger partial charge in [0.05, 0.1) is 0 Å². The molecule has 1 aliphatic heterocycles. The van der Waals surface area contributed by atoms with Crippen molar-refractivity contribution in [1.29, 1.82) is 0 Å². The monoisotopic (exact) mass is 212 g/mol. The Balaban J connectivity index is 2.46. The fourth-order valence-electron chi connectivity index (χ4n) is 1.87. The molecular weight excluding hydrogens is 188 g/mol. The van der Waals surface area contributed by atoms with E-state index in [1.54, 1.807) is 0 Å². The van der Waals surface area contributed by atoms with Crippen LogP contribution >= 0.6 is 0 Å². The minimum absolute atomic E-state index is 0.267. The number of hydrogen-bond acceptors (Lipinski definition) is 2. The molecule has 0 aliphatic carbocycles. The fraction of sp³-hybridized carbons (Fsp3) is 0.909. The average molecular weight is 212 g/mol. The van der Waals surface area contributed by atoms with Gasteiger partial charge in [0.15, 0.2) is 5.96 Å². The summed E-state index contributed by atoms with van der Waals surface area (Å²) < 4.78 is 0. The van der Waals surface area contributed by atoms with Gasteiger partial charge in [0, 0.05) is 38.3 Å². The van der Waals surface area contributed by atoms with Gasteiger partial charge in [-0.05, 0) is 27.7 Å². The minimum Gasteiger partial charge on any atom is -0.370 e. The van der Waals surface area contributed by atoms with Gasteiger partial charge in [-0.25, -0.2) is 0 Å². The standard InChI is InChI=1S/C11H24N4/c1-5-13-10(12)14-6-8-15(9-7-14)11(2,3)4/h5-9H2,1-4H3,(H2,12,13). The molecule has 0 unspecified atom stereocenters. The Morgan fingerprint density at radius 1 is 1.20 bits per heavy atom. The molecule has 0 aromatic carbocycles. The Morgan fingerprint density at radius 3 is 2.13 bits per heavy atom. The Bertz CT molecular complexity index is 221. The van der Waals surface area contributed by atoms with E-state index in [0.29, 0.717) is 5.96 Å². The van der Waals surface area contributed by atoms with Gasteiger partial charge in [-0.1, -0.05) is 0 Å². The van der Waals surface area contributed by atoms with Crippen LogP contribution in [0.1, 0.15) is 27.7 Å². The SMILES string of the molecule is CCN=C(N)N1CCN(C(C)(C)C)CC1. The number of piperazine rings is 1. The number of hydrogen-bond donors (Lipinski definition) is 1. The van der Waals surface area contributed by atoms with Gasteiger partial charge < -0.3 is 10.6 Å². The molecule has 0 atom stereocenters. The van der Waals surface area contributed by atoms with E-state index >= 15 is 0 Å². The van der Waals surface area contributed by atoms with Crippen LogP contribution in [0.4, 0.5) is 0 Å². The van der Waals surface area contributed by atoms with Crippen molar-refractivity contribution in [2.45, 2.75) is 33.2 Å². The van der Waals surface area contributed by atoms with Crippen molar-refractivity contribution in [3.8, 4) is 0 Å². The van der Waals surface area contributed by atoms with Crippen LogP contribution in [0.25, 0.3) is 0 Å². The Labute approximate surface area is 93.1 Å². The zero-order valence-electron chi connectivity index (χ0n) is 10.5. The normalized spacial score (nSPS) is 20.8. The Morgan fingerprint density at radius 2 is 1.73 bits per heavy atom. The van der Waals surface area contributed by atoms with Crippen LogP contribution in [-0.2, 0) is 0 Å². The highest BCUT2D eigenvalue weighted by Crippen LogP contribution is 2.15. The molecule has 15 heavy (non-hydrogen) atoms. The maximum absolute atomic E-state index is 5.87. The predicted octanol–water partition coefficient (Wildman–Crippen LogP) is 0.737. The first-order valence-corrected chi connectivity index (χ1v) is 5.75. The molecule has 1 saturated heterocycles. The molecule has 1 rings (SSSR count). The van der Waals surface area contributed by atoms with E-state index in [2.05, 4.69) is 35.6 Å². The van der Waals surface area contributed by atoms with Crippen LogP contribution in [0.3, 0.4) is 0 Å². The zero-order chi connectivity index (χ0) is 11.5. The van der Waals surface area contributed by atoms with Crippen molar-refractivity contribution < 1.29 is 0 Å². The summed E-state index contributed by atoms with van der Waals surface area (Å²) in [5.41, 5.74) is 6.14. The van der Waals surface area contributed by atoms with Gasteiger partial charge in [-0.3, -0.25) is 9.89 Å². The molecule has 0 radical (unpaired) electrons. The molecule has 1 fully saturated rings. The molecule has 0 saturated carbocycles. The molecule has 4 heteroatoms. The maximum atomic E-state index is 5.87. The average Bonchev–Trinajstić information content (AvgIpc) is 2.17.